The highest BCUT2D eigenvalue weighted by atomic mass is 28.3. The molecule has 35 heavy (non-hydrogen) atoms. The zero-order valence-electron chi connectivity index (χ0n) is 22.5. The third kappa shape index (κ3) is 4.44. The van der Waals surface area contributed by atoms with Crippen molar-refractivity contribution in [2.24, 2.45) is 0 Å². The summed E-state index contributed by atoms with van der Waals surface area (Å²) in [6.07, 6.45) is 4.32. The molecule has 2 aromatic rings. The molecule has 0 bridgehead atoms. The summed E-state index contributed by atoms with van der Waals surface area (Å²) in [5, 5.41) is 0. The van der Waals surface area contributed by atoms with Crippen LogP contribution in [0, 0.1) is 0 Å². The van der Waals surface area contributed by atoms with E-state index in [4.69, 9.17) is 18.6 Å². The Morgan fingerprint density at radius 1 is 0.600 bits per heavy atom. The van der Waals surface area contributed by atoms with Crippen LogP contribution in [-0.2, 0) is 10.8 Å². The Bertz CT molecular complexity index is 1140. The zero-order valence-corrected chi connectivity index (χ0v) is 23.5. The molecule has 0 N–H and O–H groups in total. The molecule has 7 heteroatoms. The fourth-order valence-electron chi connectivity index (χ4n) is 5.12. The number of allylic oxidation sites excluding steroid dienone is 4. The van der Waals surface area contributed by atoms with Crippen LogP contribution in [0.5, 0.6) is 23.0 Å². The highest BCUT2D eigenvalue weighted by molar-refractivity contribution is 6.83. The first-order chi connectivity index (χ1) is 16.2. The molecule has 0 fully saturated rings. The van der Waals surface area contributed by atoms with Crippen LogP contribution in [0.2, 0.25) is 25.2 Å². The van der Waals surface area contributed by atoms with Crippen molar-refractivity contribution in [3.8, 4) is 23.0 Å². The molecule has 2 aliphatic heterocycles. The molecule has 0 aromatic heterocycles. The molecule has 0 radical (unpaired) electrons. The summed E-state index contributed by atoms with van der Waals surface area (Å²) in [5.74, 6) is 3.26. The smallest absolute Gasteiger partial charge is 0.519 e. The van der Waals surface area contributed by atoms with Gasteiger partial charge in [0.15, 0.2) is 0 Å². The molecule has 0 atom stereocenters. The number of hydrogen-bond acceptors (Lipinski definition) is 4. The largest absolute Gasteiger partial charge is 0.628 e. The number of hydrogen-bond donors (Lipinski definition) is 0. The van der Waals surface area contributed by atoms with Crippen molar-refractivity contribution in [1.29, 1.82) is 0 Å². The van der Waals surface area contributed by atoms with Gasteiger partial charge in [0.05, 0.1) is 8.07 Å². The van der Waals surface area contributed by atoms with Gasteiger partial charge < -0.3 is 18.6 Å². The second-order valence-corrected chi connectivity index (χ2v) is 18.4. The Balaban J connectivity index is 1.38. The van der Waals surface area contributed by atoms with Gasteiger partial charge in [0.25, 0.3) is 0 Å². The number of fused-ring (bicyclic) bond motifs is 2. The Hall–Kier alpha value is -2.53. The van der Waals surface area contributed by atoms with Crippen LogP contribution in [0.25, 0.3) is 0 Å². The van der Waals surface area contributed by atoms with Crippen molar-refractivity contribution in [2.75, 3.05) is 0 Å². The predicted molar refractivity (Wildman–Crippen MR) is 148 cm³/mol. The molecule has 2 heterocycles. The summed E-state index contributed by atoms with van der Waals surface area (Å²) in [4.78, 5) is 0. The first-order valence-corrected chi connectivity index (χ1v) is 16.2. The van der Waals surface area contributed by atoms with Crippen molar-refractivity contribution < 1.29 is 18.6 Å². The molecule has 2 aromatic carbocycles. The van der Waals surface area contributed by atoms with Crippen LogP contribution in [0.15, 0.2) is 59.5 Å². The van der Waals surface area contributed by atoms with Gasteiger partial charge in [-0.25, -0.2) is 0 Å². The van der Waals surface area contributed by atoms with Crippen molar-refractivity contribution in [3.05, 3.63) is 70.6 Å². The van der Waals surface area contributed by atoms with Crippen molar-refractivity contribution in [2.45, 2.75) is 77.6 Å². The average Bonchev–Trinajstić information content (AvgIpc) is 3.45. The SMILES string of the molecule is CC(C)(C)c1ccc2c(c1)OB(C1=CC=C(B3Oc4ccc(C(C)(C)C)cc4O3)C1[Si](C)(C)C)O2. The first kappa shape index (κ1) is 24.2. The second kappa shape index (κ2) is 7.99. The highest BCUT2D eigenvalue weighted by Crippen LogP contribution is 2.49. The molecular weight excluding hydrogens is 450 g/mol. The van der Waals surface area contributed by atoms with Gasteiger partial charge in [0, 0.05) is 0 Å². The molecule has 0 saturated heterocycles. The predicted octanol–water partition coefficient (Wildman–Crippen LogP) is 7.15. The van der Waals surface area contributed by atoms with Gasteiger partial charge in [-0.2, -0.15) is 0 Å². The Labute approximate surface area is 212 Å². The summed E-state index contributed by atoms with van der Waals surface area (Å²) < 4.78 is 25.4. The van der Waals surface area contributed by atoms with Crippen LogP contribution < -0.4 is 18.6 Å². The van der Waals surface area contributed by atoms with E-state index in [0.29, 0.717) is 0 Å². The van der Waals surface area contributed by atoms with Crippen molar-refractivity contribution in [3.63, 3.8) is 0 Å². The topological polar surface area (TPSA) is 36.9 Å². The number of rotatable bonds is 3. The molecule has 0 unspecified atom stereocenters. The van der Waals surface area contributed by atoms with Gasteiger partial charge >= 0.3 is 14.2 Å². The van der Waals surface area contributed by atoms with Crippen LogP contribution in [-0.4, -0.2) is 22.3 Å². The van der Waals surface area contributed by atoms with Crippen molar-refractivity contribution in [1.82, 2.24) is 0 Å². The lowest BCUT2D eigenvalue weighted by Gasteiger charge is -2.31. The zero-order chi connectivity index (χ0) is 25.3. The molecule has 1 aliphatic carbocycles. The number of benzene rings is 2. The lowest BCUT2D eigenvalue weighted by Crippen LogP contribution is -2.42. The van der Waals surface area contributed by atoms with E-state index in [2.05, 4.69) is 97.6 Å². The lowest BCUT2D eigenvalue weighted by atomic mass is 9.70. The molecule has 182 valence electrons. The fraction of sp³-hybridized carbons (Fsp3) is 0.429. The first-order valence-electron chi connectivity index (χ1n) is 12.6. The molecule has 0 amide bonds. The van der Waals surface area contributed by atoms with E-state index < -0.39 is 22.3 Å². The van der Waals surface area contributed by atoms with E-state index in [-0.39, 0.29) is 16.4 Å². The Kier molecular flexibility index (Phi) is 5.52. The van der Waals surface area contributed by atoms with Gasteiger partial charge in [-0.3, -0.25) is 0 Å². The minimum absolute atomic E-state index is 0.0533. The van der Waals surface area contributed by atoms with Gasteiger partial charge in [-0.1, -0.05) is 85.5 Å². The van der Waals surface area contributed by atoms with E-state index in [9.17, 15) is 0 Å². The van der Waals surface area contributed by atoms with Gasteiger partial charge in [0.1, 0.15) is 23.0 Å². The molecule has 3 aliphatic rings. The third-order valence-electron chi connectivity index (χ3n) is 7.10. The summed E-state index contributed by atoms with van der Waals surface area (Å²) in [6, 6.07) is 12.6. The summed E-state index contributed by atoms with van der Waals surface area (Å²) in [7, 11) is -2.59. The summed E-state index contributed by atoms with van der Waals surface area (Å²) >= 11 is 0. The van der Waals surface area contributed by atoms with Gasteiger partial charge in [-0.15, -0.1) is 0 Å². The monoisotopic (exact) mass is 486 g/mol. The maximum absolute atomic E-state index is 6.39. The quantitative estimate of drug-likeness (QED) is 0.432. The molecular formula is C28H36B2O4Si. The minimum Gasteiger partial charge on any atom is -0.519 e. The van der Waals surface area contributed by atoms with Crippen LogP contribution in [0.3, 0.4) is 0 Å². The van der Waals surface area contributed by atoms with E-state index in [1.807, 2.05) is 12.1 Å². The Morgan fingerprint density at radius 2 is 0.971 bits per heavy atom. The maximum Gasteiger partial charge on any atom is 0.628 e. The molecule has 5 rings (SSSR count). The molecule has 0 saturated carbocycles. The Morgan fingerprint density at radius 3 is 1.31 bits per heavy atom. The average molecular weight is 486 g/mol. The van der Waals surface area contributed by atoms with Crippen LogP contribution >= 0.6 is 0 Å². The summed E-state index contributed by atoms with van der Waals surface area (Å²) in [6.45, 7) is 20.4. The normalized spacial score (nSPS) is 17.7. The van der Waals surface area contributed by atoms with E-state index in [1.54, 1.807) is 0 Å². The summed E-state index contributed by atoms with van der Waals surface area (Å²) in [5.41, 5.74) is 5.10. The van der Waals surface area contributed by atoms with Gasteiger partial charge in [0.2, 0.25) is 0 Å². The lowest BCUT2D eigenvalue weighted by molar-refractivity contribution is 0.503. The molecule has 0 spiro atoms. The van der Waals surface area contributed by atoms with Crippen molar-refractivity contribution >= 4 is 22.3 Å². The van der Waals surface area contributed by atoms with Gasteiger partial charge in [-0.05, 0) is 62.7 Å². The highest BCUT2D eigenvalue weighted by Gasteiger charge is 2.52. The second-order valence-electron chi connectivity index (χ2n) is 13.1. The van der Waals surface area contributed by atoms with E-state index in [1.165, 1.54) is 11.1 Å². The molecule has 4 nitrogen and oxygen atoms in total. The van der Waals surface area contributed by atoms with E-state index in [0.717, 1.165) is 33.9 Å². The van der Waals surface area contributed by atoms with E-state index >= 15 is 0 Å². The van der Waals surface area contributed by atoms with Crippen LogP contribution in [0.1, 0.15) is 52.7 Å². The van der Waals surface area contributed by atoms with Crippen LogP contribution in [0.4, 0.5) is 0 Å². The minimum atomic E-state index is -1.73. The standard InChI is InChI=1S/C28H36B2O4Si/c1-27(2,3)18-10-14-22-24(16-18)33-29(31-22)20-12-13-21(26(20)35(7,8)9)30-32-23-15-11-19(28(4,5)6)17-25(23)34-30/h10-17,26H,1-9H3. The fourth-order valence-corrected chi connectivity index (χ4v) is 7.58. The maximum atomic E-state index is 6.39. The third-order valence-corrected chi connectivity index (χ3v) is 9.50.